The summed E-state index contributed by atoms with van der Waals surface area (Å²) in [4.78, 5) is 85.0. The molecule has 6 aromatic carbocycles. The lowest BCUT2D eigenvalue weighted by Gasteiger charge is -2.41. The predicted molar refractivity (Wildman–Crippen MR) is 493 cm³/mol. The van der Waals surface area contributed by atoms with Crippen molar-refractivity contribution >= 4 is 89.4 Å². The van der Waals surface area contributed by atoms with E-state index in [4.69, 9.17) is 16.7 Å². The van der Waals surface area contributed by atoms with Crippen LogP contribution in [0.4, 0.5) is 45.8 Å². The molecule has 6 fully saturated rings. The zero-order valence-corrected chi connectivity index (χ0v) is 74.4. The third kappa shape index (κ3) is 20.9. The third-order valence-corrected chi connectivity index (χ3v) is 27.0. The molecule has 6 aliphatic rings. The van der Waals surface area contributed by atoms with E-state index >= 15 is 0 Å². The number of primary sulfonamides is 2. The maximum atomic E-state index is 13.8. The topological polar surface area (TPSA) is 340 Å². The van der Waals surface area contributed by atoms with Crippen molar-refractivity contribution in [1.82, 2.24) is 35.0 Å². The second-order valence-electron chi connectivity index (χ2n) is 33.4. The van der Waals surface area contributed by atoms with Crippen LogP contribution in [0.1, 0.15) is 149 Å². The molecule has 9 aromatic rings. The minimum Gasteiger partial charge on any atom is -0.382 e. The number of para-hydroxylation sites is 3. The number of carbonyl (C=O) groups excluding carboxylic acids is 4. The highest BCUT2D eigenvalue weighted by atomic mass is 32.2. The number of nitriles is 2. The maximum Gasteiger partial charge on any atom is 0.257 e. The number of nitrogens with zero attached hydrogens (tertiary/aromatic N) is 14. The number of benzene rings is 6. The summed E-state index contributed by atoms with van der Waals surface area (Å²) in [5.74, 6) is 4.15. The Morgan fingerprint density at radius 1 is 0.456 bits per heavy atom. The number of piperazine rings is 3. The molecule has 125 heavy (non-hydrogen) atoms. The fraction of sp³-hybridized carbons (Fsp3) is 0.385. The Labute approximate surface area is 735 Å². The van der Waals surface area contributed by atoms with Crippen LogP contribution in [-0.4, -0.2) is 206 Å². The minimum atomic E-state index is -3.96. The van der Waals surface area contributed by atoms with Crippen molar-refractivity contribution in [2.45, 2.75) is 134 Å². The van der Waals surface area contributed by atoms with Gasteiger partial charge in [-0.25, -0.2) is 42.1 Å². The van der Waals surface area contributed by atoms with Crippen molar-refractivity contribution in [3.8, 4) is 24.5 Å². The Morgan fingerprint density at radius 2 is 0.912 bits per heavy atom. The van der Waals surface area contributed by atoms with Crippen LogP contribution in [-0.2, 0) is 26.5 Å². The first-order chi connectivity index (χ1) is 60.0. The van der Waals surface area contributed by atoms with Gasteiger partial charge in [0.1, 0.15) is 28.7 Å². The molecule has 4 amide bonds. The number of amides is 4. The number of nitrogens with one attached hydrogen (secondary N) is 3. The van der Waals surface area contributed by atoms with Gasteiger partial charge in [0.05, 0.1) is 39.4 Å². The minimum absolute atomic E-state index is 0.00666. The number of anilines is 8. The molecule has 0 spiro atoms. The highest BCUT2D eigenvalue weighted by Crippen LogP contribution is 2.36. The van der Waals surface area contributed by atoms with Crippen LogP contribution in [0.2, 0.25) is 0 Å². The van der Waals surface area contributed by atoms with E-state index in [9.17, 15) is 46.5 Å². The molecule has 0 bridgehead atoms. The number of aryl methyl sites for hydroxylation is 5. The van der Waals surface area contributed by atoms with Crippen molar-refractivity contribution in [1.29, 1.82) is 10.5 Å². The number of hydrogen-bond donors (Lipinski definition) is 5. The van der Waals surface area contributed by atoms with E-state index < -0.39 is 20.0 Å². The van der Waals surface area contributed by atoms with Crippen LogP contribution in [0.3, 0.4) is 0 Å². The molecule has 0 radical (unpaired) electrons. The van der Waals surface area contributed by atoms with Gasteiger partial charge in [0.15, 0.2) is 5.03 Å². The van der Waals surface area contributed by atoms with Crippen LogP contribution in [0.5, 0.6) is 0 Å². The number of aromatic nitrogens is 3. The van der Waals surface area contributed by atoms with Gasteiger partial charge in [-0.1, -0.05) is 60.5 Å². The van der Waals surface area contributed by atoms with Crippen molar-refractivity contribution < 1.29 is 36.0 Å². The van der Waals surface area contributed by atoms with Gasteiger partial charge in [-0.15, -0.1) is 6.42 Å². The molecule has 6 saturated heterocycles. The zero-order chi connectivity index (χ0) is 89.0. The summed E-state index contributed by atoms with van der Waals surface area (Å²) in [6.45, 7) is 26.6. The lowest BCUT2D eigenvalue weighted by atomic mass is 9.86. The highest BCUT2D eigenvalue weighted by molar-refractivity contribution is 7.89. The molecular weight excluding hydrogens is 1610 g/mol. The normalized spacial score (nSPS) is 17.4. The Hall–Kier alpha value is -12.6. The molecule has 0 unspecified atom stereocenters. The number of nitrogens with two attached hydrogens (primary N) is 2. The average molecular weight is 1730 g/mol. The predicted octanol–water partition coefficient (Wildman–Crippen LogP) is 11.8. The number of piperidine rings is 3. The van der Waals surface area contributed by atoms with E-state index in [2.05, 4.69) is 121 Å². The van der Waals surface area contributed by atoms with E-state index in [1.165, 1.54) is 23.4 Å². The monoisotopic (exact) mass is 1720 g/mol. The Morgan fingerprint density at radius 3 is 1.45 bits per heavy atom. The first-order valence-corrected chi connectivity index (χ1v) is 46.1. The first kappa shape index (κ1) is 90.1. The Bertz CT molecular complexity index is 5840. The lowest BCUT2D eigenvalue weighted by Crippen LogP contribution is -2.54. The Balaban J connectivity index is 0.000000161. The number of rotatable bonds is 18. The molecule has 0 saturated carbocycles. The number of terminal acetylenes is 1. The standard InChI is InChI=1S/C34H40N6O2.C32H38N6O3S.C30H35N7O3S/c1-23-18-24(2)30(20-28(23)19-26-11-14-38(15-12-26)31-10-6-5-8-27(31)21-35)34(42)39-16-17-40(25(3)22-39)32-29(33(41)36-4)9-7-13-37-32;1-5-25-9-6-7-10-29(25)36-15-12-26(13-16-36)35-28-20-27(22(2)19-23(28)3)32(39)37-17-18-38(24(4)21-37)31-30(42(33,40)41)11-8-14-34-31;1-21-9-10-25(30(38)37-18-16-36(17-19-37)27-8-5-13-33-29(27)41(32,39)40)22(2)28(21)34-24-11-14-35(15-12-24)26-7-4-3-6-23(26)20-31/h5-10,13,18,20,25-26H,11-12,14-17,19,22H2,1-4H3,(H,36,41);1,6-11,14,19-20,24,26,35H,12-13,15-18,21H2,2-4H3,(H2,33,40,41);3-10,13,24,34H,11-12,14-19H2,1-2H3,(H2,32,39,40)/t25-;24-;/m11./s1. The molecule has 6 aliphatic heterocycles. The molecule has 15 rings (SSSR count). The molecule has 7 N–H and O–H groups in total. The van der Waals surface area contributed by atoms with Crippen LogP contribution in [0.15, 0.2) is 174 Å². The van der Waals surface area contributed by atoms with Crippen LogP contribution >= 0.6 is 0 Å². The van der Waals surface area contributed by atoms with Gasteiger partial charge in [-0.05, 0) is 236 Å². The Kier molecular flexibility index (Phi) is 28.8. The molecule has 9 heterocycles. The zero-order valence-electron chi connectivity index (χ0n) is 72.8. The van der Waals surface area contributed by atoms with E-state index in [1.54, 1.807) is 49.8 Å². The van der Waals surface area contributed by atoms with Gasteiger partial charge < -0.3 is 60.0 Å². The summed E-state index contributed by atoms with van der Waals surface area (Å²) in [5, 5.41) is 39.8. The smallest absolute Gasteiger partial charge is 0.257 e. The molecule has 2 atom stereocenters. The quantitative estimate of drug-likeness (QED) is 0.0498. The first-order valence-electron chi connectivity index (χ1n) is 43.0. The highest BCUT2D eigenvalue weighted by Gasteiger charge is 2.36. The van der Waals surface area contributed by atoms with Gasteiger partial charge in [-0.2, -0.15) is 10.5 Å². The average Bonchev–Trinajstić information content (AvgIpc) is 0.789. The summed E-state index contributed by atoms with van der Waals surface area (Å²) in [6.07, 6.45) is 17.2. The second-order valence-corrected chi connectivity index (χ2v) is 36.4. The molecule has 0 aliphatic carbocycles. The largest absolute Gasteiger partial charge is 0.382 e. The van der Waals surface area contributed by atoms with E-state index in [1.807, 2.05) is 137 Å². The summed E-state index contributed by atoms with van der Waals surface area (Å²) in [7, 11) is -6.27. The molecule has 29 heteroatoms. The van der Waals surface area contributed by atoms with E-state index in [-0.39, 0.29) is 51.7 Å². The van der Waals surface area contributed by atoms with Gasteiger partial charge in [-0.3, -0.25) is 19.2 Å². The van der Waals surface area contributed by atoms with Gasteiger partial charge in [0, 0.05) is 188 Å². The molecule has 27 nitrogen and oxygen atoms in total. The SMILES string of the molecule is C#Cc1ccccc1N1CCC(Nc2cc(C(=O)N3CCN(c4ncccc4S(N)(=O)=O)[C@H](C)C3)c(C)cc2C)CC1.CNC(=O)c1cccnc1N1CCN(C(=O)c2cc(CC3CCN(c4ccccc4C#N)CC3)c(C)cc2C)C[C@H]1C.Cc1ccc(C(=O)N2CCN(c3cccnc3S(N)(=O)=O)CC2)c(C)c1NC1CCN(c2ccccc2C#N)CC1. The lowest BCUT2D eigenvalue weighted by molar-refractivity contribution is 0.0718. The van der Waals surface area contributed by atoms with Crippen molar-refractivity contribution in [3.63, 3.8) is 0 Å². The van der Waals surface area contributed by atoms with Gasteiger partial charge in [0.25, 0.3) is 33.7 Å². The molecule has 652 valence electrons. The second kappa shape index (κ2) is 39.9. The van der Waals surface area contributed by atoms with E-state index in [0.29, 0.717) is 117 Å². The number of carbonyl (C=O) groups is 4. The number of pyridine rings is 3. The number of hydrogen-bond acceptors (Lipinski definition) is 21. The third-order valence-electron chi connectivity index (χ3n) is 25.2. The summed E-state index contributed by atoms with van der Waals surface area (Å²) >= 11 is 0. The van der Waals surface area contributed by atoms with Crippen LogP contribution < -0.4 is 55.6 Å². The van der Waals surface area contributed by atoms with Gasteiger partial charge in [0.2, 0.25) is 10.0 Å². The summed E-state index contributed by atoms with van der Waals surface area (Å²) < 4.78 is 48.3. The van der Waals surface area contributed by atoms with Gasteiger partial charge >= 0.3 is 0 Å². The maximum absolute atomic E-state index is 13.8. The van der Waals surface area contributed by atoms with Crippen molar-refractivity contribution in [3.05, 3.63) is 242 Å². The summed E-state index contributed by atoms with van der Waals surface area (Å²) in [5.41, 5.74) is 18.1. The number of sulfonamides is 2. The van der Waals surface area contributed by atoms with E-state index in [0.717, 1.165) is 157 Å². The fourth-order valence-electron chi connectivity index (χ4n) is 18.3. The van der Waals surface area contributed by atoms with Crippen molar-refractivity contribution in [2.24, 2.45) is 16.2 Å². The molecule has 3 aromatic heterocycles. The fourth-order valence-corrected chi connectivity index (χ4v) is 19.7. The summed E-state index contributed by atoms with van der Waals surface area (Å²) in [6, 6.07) is 50.8. The van der Waals surface area contributed by atoms with Crippen molar-refractivity contribution in [2.75, 3.05) is 152 Å². The van der Waals surface area contributed by atoms with Crippen LogP contribution in [0, 0.1) is 82.5 Å². The molecular formula is C96H113N19O8S2. The van der Waals surface area contributed by atoms with Crippen LogP contribution in [0.25, 0.3) is 0 Å².